The summed E-state index contributed by atoms with van der Waals surface area (Å²) in [4.78, 5) is 11.2. The average molecular weight is 215 g/mol. The van der Waals surface area contributed by atoms with E-state index in [1.807, 2.05) is 6.92 Å². The predicted octanol–water partition coefficient (Wildman–Crippen LogP) is 0.0594. The summed E-state index contributed by atoms with van der Waals surface area (Å²) in [6.07, 6.45) is 1.94. The third-order valence-corrected chi connectivity index (χ3v) is 2.60. The first-order chi connectivity index (χ1) is 7.24. The van der Waals surface area contributed by atoms with Crippen LogP contribution in [0.4, 0.5) is 4.79 Å². The summed E-state index contributed by atoms with van der Waals surface area (Å²) >= 11 is 0. The smallest absolute Gasteiger partial charge is 0.314 e. The lowest BCUT2D eigenvalue weighted by atomic mass is 10.0. The second kappa shape index (κ2) is 6.63. The van der Waals surface area contributed by atoms with Gasteiger partial charge >= 0.3 is 6.03 Å². The number of nitrogens with two attached hydrogens (primary N) is 1. The standard InChI is InChI=1S/C10H21N3O2/c1-2-4-12-10(14)13-6-9(11)8-3-5-15-7-8/h8-9H,2-7,11H2,1H3,(H2,12,13,14). The molecule has 1 saturated heterocycles. The summed E-state index contributed by atoms with van der Waals surface area (Å²) in [7, 11) is 0. The molecule has 1 rings (SSSR count). The number of nitrogens with one attached hydrogen (secondary N) is 2. The van der Waals surface area contributed by atoms with E-state index < -0.39 is 0 Å². The lowest BCUT2D eigenvalue weighted by Gasteiger charge is -2.18. The van der Waals surface area contributed by atoms with Gasteiger partial charge in [0.1, 0.15) is 0 Å². The summed E-state index contributed by atoms with van der Waals surface area (Å²) in [5.74, 6) is 0.386. The topological polar surface area (TPSA) is 76.4 Å². The molecule has 0 aromatic carbocycles. The molecule has 0 aliphatic carbocycles. The van der Waals surface area contributed by atoms with Crippen molar-refractivity contribution in [1.82, 2.24) is 10.6 Å². The van der Waals surface area contributed by atoms with Gasteiger partial charge in [0.25, 0.3) is 0 Å². The third-order valence-electron chi connectivity index (χ3n) is 2.60. The van der Waals surface area contributed by atoms with E-state index in [9.17, 15) is 4.79 Å². The third kappa shape index (κ3) is 4.48. The van der Waals surface area contributed by atoms with Crippen molar-refractivity contribution in [3.05, 3.63) is 0 Å². The normalized spacial score (nSPS) is 22.4. The highest BCUT2D eigenvalue weighted by atomic mass is 16.5. The molecule has 0 aromatic heterocycles. The largest absolute Gasteiger partial charge is 0.381 e. The minimum atomic E-state index is -0.133. The fraction of sp³-hybridized carbons (Fsp3) is 0.900. The summed E-state index contributed by atoms with van der Waals surface area (Å²) < 4.78 is 5.24. The van der Waals surface area contributed by atoms with Crippen molar-refractivity contribution in [2.75, 3.05) is 26.3 Å². The van der Waals surface area contributed by atoms with Crippen LogP contribution in [0.2, 0.25) is 0 Å². The van der Waals surface area contributed by atoms with Crippen LogP contribution in [-0.2, 0) is 4.74 Å². The van der Waals surface area contributed by atoms with Crippen LogP contribution in [0.3, 0.4) is 0 Å². The number of urea groups is 1. The molecule has 0 radical (unpaired) electrons. The fourth-order valence-corrected chi connectivity index (χ4v) is 1.57. The molecule has 4 N–H and O–H groups in total. The number of hydrogen-bond acceptors (Lipinski definition) is 3. The van der Waals surface area contributed by atoms with E-state index in [0.717, 1.165) is 26.1 Å². The van der Waals surface area contributed by atoms with Crippen molar-refractivity contribution in [2.24, 2.45) is 11.7 Å². The fourth-order valence-electron chi connectivity index (χ4n) is 1.57. The Morgan fingerprint density at radius 1 is 1.60 bits per heavy atom. The summed E-state index contributed by atoms with van der Waals surface area (Å²) in [6, 6.07) is -0.133. The van der Waals surface area contributed by atoms with Crippen LogP contribution in [-0.4, -0.2) is 38.4 Å². The van der Waals surface area contributed by atoms with Crippen molar-refractivity contribution in [3.63, 3.8) is 0 Å². The molecule has 0 bridgehead atoms. The predicted molar refractivity (Wildman–Crippen MR) is 58.6 cm³/mol. The highest BCUT2D eigenvalue weighted by Gasteiger charge is 2.22. The molecule has 1 aliphatic rings. The second-order valence-corrected chi connectivity index (χ2v) is 3.92. The highest BCUT2D eigenvalue weighted by Crippen LogP contribution is 2.14. The summed E-state index contributed by atoms with van der Waals surface area (Å²) in [6.45, 7) is 4.75. The maximum Gasteiger partial charge on any atom is 0.314 e. The molecule has 88 valence electrons. The van der Waals surface area contributed by atoms with E-state index in [0.29, 0.717) is 19.0 Å². The van der Waals surface area contributed by atoms with Crippen LogP contribution in [0.25, 0.3) is 0 Å². The molecule has 1 aliphatic heterocycles. The van der Waals surface area contributed by atoms with Gasteiger partial charge in [-0.25, -0.2) is 4.79 Å². The van der Waals surface area contributed by atoms with E-state index in [1.54, 1.807) is 0 Å². The molecule has 5 nitrogen and oxygen atoms in total. The molecular formula is C10H21N3O2. The SMILES string of the molecule is CCCNC(=O)NCC(N)C1CCOC1. The Labute approximate surface area is 90.7 Å². The number of carbonyl (C=O) groups excluding carboxylic acids is 1. The highest BCUT2D eigenvalue weighted by molar-refractivity contribution is 5.73. The van der Waals surface area contributed by atoms with Crippen LogP contribution in [0.15, 0.2) is 0 Å². The minimum absolute atomic E-state index is 0.000114. The molecule has 2 atom stereocenters. The van der Waals surface area contributed by atoms with Gasteiger partial charge in [-0.1, -0.05) is 6.92 Å². The van der Waals surface area contributed by atoms with Gasteiger partial charge in [-0.2, -0.15) is 0 Å². The Bertz CT molecular complexity index is 193. The van der Waals surface area contributed by atoms with Gasteiger partial charge in [0, 0.05) is 31.7 Å². The molecule has 15 heavy (non-hydrogen) atoms. The zero-order valence-corrected chi connectivity index (χ0v) is 9.29. The van der Waals surface area contributed by atoms with Gasteiger partial charge in [0.05, 0.1) is 6.61 Å². The first-order valence-corrected chi connectivity index (χ1v) is 5.59. The summed E-state index contributed by atoms with van der Waals surface area (Å²) in [5.41, 5.74) is 5.93. The van der Waals surface area contributed by atoms with E-state index >= 15 is 0 Å². The first kappa shape index (κ1) is 12.3. The molecule has 0 aromatic rings. The van der Waals surface area contributed by atoms with Gasteiger partial charge in [0.2, 0.25) is 0 Å². The van der Waals surface area contributed by atoms with Crippen molar-refractivity contribution in [1.29, 1.82) is 0 Å². The number of ether oxygens (including phenoxy) is 1. The molecule has 0 spiro atoms. The van der Waals surface area contributed by atoms with Crippen LogP contribution in [0.5, 0.6) is 0 Å². The van der Waals surface area contributed by atoms with E-state index in [1.165, 1.54) is 0 Å². The maximum atomic E-state index is 11.2. The second-order valence-electron chi connectivity index (χ2n) is 3.92. The van der Waals surface area contributed by atoms with Crippen molar-refractivity contribution in [3.8, 4) is 0 Å². The van der Waals surface area contributed by atoms with Gasteiger partial charge < -0.3 is 21.1 Å². The van der Waals surface area contributed by atoms with E-state index in [2.05, 4.69) is 10.6 Å². The monoisotopic (exact) mass is 215 g/mol. The van der Waals surface area contributed by atoms with Crippen molar-refractivity contribution in [2.45, 2.75) is 25.8 Å². The minimum Gasteiger partial charge on any atom is -0.381 e. The molecule has 1 heterocycles. The Morgan fingerprint density at radius 3 is 3.00 bits per heavy atom. The van der Waals surface area contributed by atoms with Gasteiger partial charge in [0.15, 0.2) is 0 Å². The summed E-state index contributed by atoms with van der Waals surface area (Å²) in [5, 5.41) is 5.50. The number of hydrogen-bond donors (Lipinski definition) is 3. The van der Waals surface area contributed by atoms with Gasteiger partial charge in [-0.15, -0.1) is 0 Å². The number of amides is 2. The maximum absolute atomic E-state index is 11.2. The van der Waals surface area contributed by atoms with Gasteiger partial charge in [-0.3, -0.25) is 0 Å². The zero-order valence-electron chi connectivity index (χ0n) is 9.29. The first-order valence-electron chi connectivity index (χ1n) is 5.59. The van der Waals surface area contributed by atoms with Crippen molar-refractivity contribution >= 4 is 6.03 Å². The molecular weight excluding hydrogens is 194 g/mol. The lowest BCUT2D eigenvalue weighted by Crippen LogP contribution is -2.45. The molecule has 0 saturated carbocycles. The van der Waals surface area contributed by atoms with Crippen LogP contribution >= 0.6 is 0 Å². The van der Waals surface area contributed by atoms with Crippen LogP contribution in [0.1, 0.15) is 19.8 Å². The quantitative estimate of drug-likeness (QED) is 0.607. The average Bonchev–Trinajstić information content (AvgIpc) is 2.76. The Kier molecular flexibility index (Phi) is 5.42. The number of carbonyl (C=O) groups is 1. The number of rotatable bonds is 5. The zero-order chi connectivity index (χ0) is 11.1. The Morgan fingerprint density at radius 2 is 2.40 bits per heavy atom. The molecule has 1 fully saturated rings. The molecule has 5 heteroatoms. The van der Waals surface area contributed by atoms with Gasteiger partial charge in [-0.05, 0) is 12.8 Å². The molecule has 2 amide bonds. The van der Waals surface area contributed by atoms with E-state index in [4.69, 9.17) is 10.5 Å². The Balaban J connectivity index is 2.09. The molecule has 2 unspecified atom stereocenters. The van der Waals surface area contributed by atoms with E-state index in [-0.39, 0.29) is 12.1 Å². The van der Waals surface area contributed by atoms with Crippen molar-refractivity contribution < 1.29 is 9.53 Å². The Hall–Kier alpha value is -0.810. The van der Waals surface area contributed by atoms with Crippen LogP contribution < -0.4 is 16.4 Å². The lowest BCUT2D eigenvalue weighted by molar-refractivity contribution is 0.180. The van der Waals surface area contributed by atoms with Crippen LogP contribution in [0, 0.1) is 5.92 Å².